The number of carbonyl (C=O) groups excluding carboxylic acids is 1. The number of nitrogens with one attached hydrogen (secondary N) is 2. The molecule has 0 spiro atoms. The maximum Gasteiger partial charge on any atom is 0.349 e. The van der Waals surface area contributed by atoms with Gasteiger partial charge in [-0.2, -0.15) is 4.98 Å². The highest BCUT2D eigenvalue weighted by Crippen LogP contribution is 2.22. The highest BCUT2D eigenvalue weighted by molar-refractivity contribution is 6.30. The highest BCUT2D eigenvalue weighted by Gasteiger charge is 2.23. The Balaban J connectivity index is 0.00000176. The van der Waals surface area contributed by atoms with Crippen molar-refractivity contribution in [1.29, 1.82) is 0 Å². The van der Waals surface area contributed by atoms with Gasteiger partial charge in [0.1, 0.15) is 11.4 Å². The highest BCUT2D eigenvalue weighted by atomic mass is 35.5. The van der Waals surface area contributed by atoms with E-state index in [4.69, 9.17) is 11.6 Å². The molecule has 116 valence electrons. The average Bonchev–Trinajstić information content (AvgIpc) is 2.91. The van der Waals surface area contributed by atoms with E-state index in [0.717, 1.165) is 0 Å². The summed E-state index contributed by atoms with van der Waals surface area (Å²) >= 11 is 5.81. The van der Waals surface area contributed by atoms with Crippen LogP contribution < -0.4 is 16.3 Å². The molecule has 0 aliphatic carbocycles. The van der Waals surface area contributed by atoms with Crippen LogP contribution in [0.25, 0.3) is 0 Å². The molecule has 2 heterocycles. The van der Waals surface area contributed by atoms with E-state index in [1.165, 1.54) is 4.57 Å². The first-order valence-corrected chi connectivity index (χ1v) is 6.86. The number of halogens is 2. The lowest BCUT2D eigenvalue weighted by molar-refractivity contribution is 0.102. The molecule has 3 rings (SSSR count). The van der Waals surface area contributed by atoms with Crippen molar-refractivity contribution in [2.24, 2.45) is 0 Å². The van der Waals surface area contributed by atoms with E-state index in [1.54, 1.807) is 31.2 Å². The fourth-order valence-corrected chi connectivity index (χ4v) is 2.46. The van der Waals surface area contributed by atoms with Gasteiger partial charge in [-0.25, -0.2) is 4.79 Å². The molecule has 0 fully saturated rings. The summed E-state index contributed by atoms with van der Waals surface area (Å²) in [4.78, 5) is 28.1. The summed E-state index contributed by atoms with van der Waals surface area (Å²) < 4.78 is 1.48. The molecule has 2 aromatic rings. The summed E-state index contributed by atoms with van der Waals surface area (Å²) in [7, 11) is 0. The molecule has 0 bridgehead atoms. The van der Waals surface area contributed by atoms with Crippen molar-refractivity contribution in [3.63, 3.8) is 0 Å². The Bertz CT molecular complexity index is 772. The van der Waals surface area contributed by atoms with Crippen LogP contribution in [-0.2, 0) is 6.54 Å². The lowest BCUT2D eigenvalue weighted by Crippen LogP contribution is -2.26. The summed E-state index contributed by atoms with van der Waals surface area (Å²) in [5.74, 6) is 0.222. The van der Waals surface area contributed by atoms with Gasteiger partial charge < -0.3 is 10.6 Å². The summed E-state index contributed by atoms with van der Waals surface area (Å²) in [5, 5.41) is 6.45. The second kappa shape index (κ2) is 6.37. The number of fused-ring (bicyclic) bond motifs is 1. The summed E-state index contributed by atoms with van der Waals surface area (Å²) in [6.45, 7) is 2.78. The van der Waals surface area contributed by atoms with Crippen LogP contribution in [-0.4, -0.2) is 22.0 Å². The van der Waals surface area contributed by atoms with Gasteiger partial charge >= 0.3 is 5.69 Å². The Labute approximate surface area is 137 Å². The number of amides is 1. The molecule has 1 aromatic heterocycles. The van der Waals surface area contributed by atoms with Crippen molar-refractivity contribution in [3.8, 4) is 0 Å². The minimum atomic E-state index is -0.337. The summed E-state index contributed by atoms with van der Waals surface area (Å²) in [5.41, 5.74) is 1.09. The molecular formula is C14H14Cl2N4O2. The second-order valence-corrected chi connectivity index (χ2v) is 5.18. The van der Waals surface area contributed by atoms with Crippen molar-refractivity contribution in [2.45, 2.75) is 13.5 Å². The Morgan fingerprint density at radius 2 is 2.05 bits per heavy atom. The van der Waals surface area contributed by atoms with Gasteiger partial charge in [0.2, 0.25) is 0 Å². The number of anilines is 2. The molecule has 0 unspecified atom stereocenters. The molecule has 1 aliphatic rings. The van der Waals surface area contributed by atoms with E-state index in [2.05, 4.69) is 15.6 Å². The smallest absolute Gasteiger partial charge is 0.349 e. The molecule has 1 amide bonds. The van der Waals surface area contributed by atoms with Gasteiger partial charge in [0, 0.05) is 23.8 Å². The Hall–Kier alpha value is -2.05. The van der Waals surface area contributed by atoms with Crippen molar-refractivity contribution >= 4 is 41.4 Å². The molecule has 0 atom stereocenters. The fraction of sp³-hybridized carbons (Fsp3) is 0.214. The molecular weight excluding hydrogens is 327 g/mol. The summed E-state index contributed by atoms with van der Waals surface area (Å²) in [6, 6.07) is 6.82. The fourth-order valence-electron chi connectivity index (χ4n) is 2.34. The van der Waals surface area contributed by atoms with Gasteiger partial charge in [0.05, 0.1) is 5.69 Å². The summed E-state index contributed by atoms with van der Waals surface area (Å²) in [6.07, 6.45) is 0. The van der Waals surface area contributed by atoms with E-state index in [-0.39, 0.29) is 24.0 Å². The number of benzene rings is 1. The Kier molecular flexibility index (Phi) is 4.73. The van der Waals surface area contributed by atoms with E-state index >= 15 is 0 Å². The van der Waals surface area contributed by atoms with Crippen LogP contribution in [0.2, 0.25) is 5.02 Å². The van der Waals surface area contributed by atoms with Crippen LogP contribution in [0.1, 0.15) is 16.1 Å². The van der Waals surface area contributed by atoms with Gasteiger partial charge in [-0.05, 0) is 31.2 Å². The minimum Gasteiger partial charge on any atom is -0.369 e. The van der Waals surface area contributed by atoms with Crippen LogP contribution in [0.3, 0.4) is 0 Å². The van der Waals surface area contributed by atoms with Crippen LogP contribution in [0.5, 0.6) is 0 Å². The van der Waals surface area contributed by atoms with Crippen molar-refractivity contribution in [1.82, 2.24) is 9.55 Å². The zero-order valence-electron chi connectivity index (χ0n) is 11.7. The topological polar surface area (TPSA) is 76.0 Å². The van der Waals surface area contributed by atoms with E-state index in [0.29, 0.717) is 40.9 Å². The van der Waals surface area contributed by atoms with Gasteiger partial charge in [-0.3, -0.25) is 9.36 Å². The maximum atomic E-state index is 12.5. The first-order valence-electron chi connectivity index (χ1n) is 6.48. The van der Waals surface area contributed by atoms with Gasteiger partial charge in [0.25, 0.3) is 5.91 Å². The largest absolute Gasteiger partial charge is 0.369 e. The van der Waals surface area contributed by atoms with Gasteiger partial charge in [-0.1, -0.05) is 11.6 Å². The molecule has 6 nitrogen and oxygen atoms in total. The predicted octanol–water partition coefficient (Wildman–Crippen LogP) is 2.30. The van der Waals surface area contributed by atoms with Crippen molar-refractivity contribution in [2.75, 3.05) is 17.2 Å². The molecule has 0 saturated carbocycles. The Morgan fingerprint density at radius 3 is 2.73 bits per heavy atom. The standard InChI is InChI=1S/C14H13ClN4O2.ClH/c1-8-11(12-16-6-7-19(12)14(21)17-8)13(20)18-10-4-2-9(15)3-5-10;/h2-5,16H,6-7H2,1H3,(H,18,20);1H. The molecule has 22 heavy (non-hydrogen) atoms. The van der Waals surface area contributed by atoms with Crippen molar-refractivity contribution < 1.29 is 4.79 Å². The lowest BCUT2D eigenvalue weighted by atomic mass is 10.2. The number of aromatic nitrogens is 2. The third-order valence-electron chi connectivity index (χ3n) is 3.32. The second-order valence-electron chi connectivity index (χ2n) is 4.74. The van der Waals surface area contributed by atoms with Crippen LogP contribution >= 0.6 is 24.0 Å². The molecule has 0 saturated heterocycles. The van der Waals surface area contributed by atoms with Crippen LogP contribution in [0.4, 0.5) is 11.5 Å². The minimum absolute atomic E-state index is 0. The normalized spacial score (nSPS) is 12.1. The van der Waals surface area contributed by atoms with Crippen LogP contribution in [0.15, 0.2) is 29.1 Å². The molecule has 1 aromatic carbocycles. The quantitative estimate of drug-likeness (QED) is 0.879. The number of hydrogen-bond acceptors (Lipinski definition) is 4. The zero-order chi connectivity index (χ0) is 15.0. The Morgan fingerprint density at radius 1 is 1.36 bits per heavy atom. The molecule has 1 aliphatic heterocycles. The number of hydrogen-bond donors (Lipinski definition) is 2. The average molecular weight is 341 g/mol. The molecule has 0 radical (unpaired) electrons. The monoisotopic (exact) mass is 340 g/mol. The SMILES string of the molecule is Cc1nc(=O)n2c(c1C(=O)Nc1ccc(Cl)cc1)NCC2.Cl. The zero-order valence-corrected chi connectivity index (χ0v) is 13.3. The van der Waals surface area contributed by atoms with Gasteiger partial charge in [0.15, 0.2) is 0 Å². The molecule has 2 N–H and O–H groups in total. The van der Waals surface area contributed by atoms with E-state index in [1.807, 2.05) is 0 Å². The number of aryl methyl sites for hydroxylation is 1. The predicted molar refractivity (Wildman–Crippen MR) is 88.4 cm³/mol. The van der Waals surface area contributed by atoms with Crippen LogP contribution in [0, 0.1) is 6.92 Å². The number of rotatable bonds is 2. The van der Waals surface area contributed by atoms with Gasteiger partial charge in [-0.15, -0.1) is 12.4 Å². The maximum absolute atomic E-state index is 12.5. The lowest BCUT2D eigenvalue weighted by Gasteiger charge is -2.12. The molecule has 8 heteroatoms. The van der Waals surface area contributed by atoms with Crippen molar-refractivity contribution in [3.05, 3.63) is 51.0 Å². The first-order chi connectivity index (χ1) is 10.1. The number of nitrogens with zero attached hydrogens (tertiary/aromatic N) is 2. The number of carbonyl (C=O) groups is 1. The third kappa shape index (κ3) is 2.93. The van der Waals surface area contributed by atoms with E-state index in [9.17, 15) is 9.59 Å². The van der Waals surface area contributed by atoms with E-state index < -0.39 is 0 Å². The third-order valence-corrected chi connectivity index (χ3v) is 3.57. The first kappa shape index (κ1) is 16.3.